The predicted molar refractivity (Wildman–Crippen MR) is 66.5 cm³/mol. The average Bonchev–Trinajstić information content (AvgIpc) is 2.27. The molecule has 1 rings (SSSR count). The molecule has 0 aliphatic heterocycles. The molecule has 0 N–H and O–H groups in total. The van der Waals surface area contributed by atoms with Gasteiger partial charge >= 0.3 is 0 Å². The van der Waals surface area contributed by atoms with Crippen LogP contribution in [-0.4, -0.2) is 18.7 Å². The third kappa shape index (κ3) is 2.54. The van der Waals surface area contributed by atoms with Gasteiger partial charge in [0.1, 0.15) is 0 Å². The summed E-state index contributed by atoms with van der Waals surface area (Å²) >= 11 is 0. The van der Waals surface area contributed by atoms with Gasteiger partial charge in [0, 0.05) is 16.7 Å². The summed E-state index contributed by atoms with van der Waals surface area (Å²) in [7, 11) is 1.42. The van der Waals surface area contributed by atoms with Crippen LogP contribution in [0.3, 0.4) is 0 Å². The zero-order valence-corrected chi connectivity index (χ0v) is 11.0. The monoisotopic (exact) mass is 234 g/mol. The van der Waals surface area contributed by atoms with E-state index in [9.17, 15) is 9.59 Å². The van der Waals surface area contributed by atoms with E-state index < -0.39 is 0 Å². The summed E-state index contributed by atoms with van der Waals surface area (Å²) in [5.74, 6) is -0.0911. The minimum Gasteiger partial charge on any atom is -0.492 e. The van der Waals surface area contributed by atoms with Gasteiger partial charge in [-0.3, -0.25) is 9.59 Å². The van der Waals surface area contributed by atoms with Crippen molar-refractivity contribution in [3.8, 4) is 0 Å². The van der Waals surface area contributed by atoms with E-state index in [4.69, 9.17) is 4.74 Å². The van der Waals surface area contributed by atoms with Crippen molar-refractivity contribution in [1.82, 2.24) is 0 Å². The highest BCUT2D eigenvalue weighted by Crippen LogP contribution is 2.27. The van der Waals surface area contributed by atoms with Gasteiger partial charge in [-0.1, -0.05) is 11.6 Å². The van der Waals surface area contributed by atoms with Gasteiger partial charge in [0.25, 0.3) is 0 Å². The van der Waals surface area contributed by atoms with Crippen molar-refractivity contribution in [2.24, 2.45) is 0 Å². The maximum absolute atomic E-state index is 12.1. The van der Waals surface area contributed by atoms with Gasteiger partial charge in [-0.25, -0.2) is 0 Å². The van der Waals surface area contributed by atoms with Crippen molar-refractivity contribution in [2.45, 2.75) is 34.1 Å². The number of hydrogen-bond acceptors (Lipinski definition) is 3. The maximum atomic E-state index is 12.1. The molecule has 1 aliphatic carbocycles. The van der Waals surface area contributed by atoms with Gasteiger partial charge in [0.05, 0.1) is 7.11 Å². The third-order valence-electron chi connectivity index (χ3n) is 2.87. The molecule has 3 heteroatoms. The molecule has 0 aromatic rings. The summed E-state index contributed by atoms with van der Waals surface area (Å²) in [4.78, 5) is 24.0. The highest BCUT2D eigenvalue weighted by Gasteiger charge is 2.30. The van der Waals surface area contributed by atoms with Crippen LogP contribution >= 0.6 is 0 Å². The largest absolute Gasteiger partial charge is 0.492 e. The Morgan fingerprint density at radius 1 is 1.12 bits per heavy atom. The van der Waals surface area contributed by atoms with Crippen LogP contribution in [0.4, 0.5) is 0 Å². The van der Waals surface area contributed by atoms with Crippen molar-refractivity contribution in [3.63, 3.8) is 0 Å². The SMILES string of the molecule is COC1=C(C)C(=O)C(CC=C(C)C)=C(C)C1=O. The number of carbonyl (C=O) groups excluding carboxylic acids is 2. The van der Waals surface area contributed by atoms with E-state index in [0.29, 0.717) is 23.1 Å². The second-order valence-corrected chi connectivity index (χ2v) is 4.41. The van der Waals surface area contributed by atoms with Gasteiger partial charge in [-0.05, 0) is 34.1 Å². The summed E-state index contributed by atoms with van der Waals surface area (Å²) in [6, 6.07) is 0. The molecule has 0 fully saturated rings. The smallest absolute Gasteiger partial charge is 0.224 e. The average molecular weight is 234 g/mol. The van der Waals surface area contributed by atoms with E-state index in [-0.39, 0.29) is 17.3 Å². The van der Waals surface area contributed by atoms with Crippen molar-refractivity contribution in [2.75, 3.05) is 7.11 Å². The lowest BCUT2D eigenvalue weighted by atomic mass is 9.87. The Morgan fingerprint density at radius 3 is 2.18 bits per heavy atom. The molecular weight excluding hydrogens is 216 g/mol. The summed E-state index contributed by atoms with van der Waals surface area (Å²) in [6.45, 7) is 7.25. The highest BCUT2D eigenvalue weighted by molar-refractivity contribution is 6.24. The normalized spacial score (nSPS) is 16.5. The highest BCUT2D eigenvalue weighted by atomic mass is 16.5. The van der Waals surface area contributed by atoms with E-state index in [1.54, 1.807) is 13.8 Å². The first-order valence-corrected chi connectivity index (χ1v) is 5.57. The van der Waals surface area contributed by atoms with Gasteiger partial charge in [-0.15, -0.1) is 0 Å². The van der Waals surface area contributed by atoms with Gasteiger partial charge in [0.2, 0.25) is 5.78 Å². The second-order valence-electron chi connectivity index (χ2n) is 4.41. The molecule has 1 aliphatic rings. The number of Topliss-reactive ketones (excluding diaryl/α,β-unsaturated/α-hetero) is 2. The van der Waals surface area contributed by atoms with Crippen LogP contribution in [0.1, 0.15) is 34.1 Å². The lowest BCUT2D eigenvalue weighted by Crippen LogP contribution is -2.22. The zero-order chi connectivity index (χ0) is 13.2. The molecule has 0 saturated heterocycles. The molecule has 0 saturated carbocycles. The van der Waals surface area contributed by atoms with E-state index in [0.717, 1.165) is 5.57 Å². The van der Waals surface area contributed by atoms with Crippen LogP contribution in [0.15, 0.2) is 34.1 Å². The molecule has 3 nitrogen and oxygen atoms in total. The Kier molecular flexibility index (Phi) is 4.05. The molecule has 17 heavy (non-hydrogen) atoms. The molecule has 0 amide bonds. The fourth-order valence-electron chi connectivity index (χ4n) is 1.78. The fourth-order valence-corrected chi connectivity index (χ4v) is 1.78. The maximum Gasteiger partial charge on any atom is 0.224 e. The fraction of sp³-hybridized carbons (Fsp3) is 0.429. The van der Waals surface area contributed by atoms with Gasteiger partial charge in [0.15, 0.2) is 11.5 Å². The molecule has 0 spiro atoms. The van der Waals surface area contributed by atoms with Gasteiger partial charge < -0.3 is 4.74 Å². The zero-order valence-electron chi connectivity index (χ0n) is 11.0. The molecule has 92 valence electrons. The van der Waals surface area contributed by atoms with Crippen molar-refractivity contribution >= 4 is 11.6 Å². The van der Waals surface area contributed by atoms with Crippen LogP contribution in [0.5, 0.6) is 0 Å². The molecule has 0 atom stereocenters. The first-order valence-electron chi connectivity index (χ1n) is 5.57. The van der Waals surface area contributed by atoms with Crippen molar-refractivity contribution in [3.05, 3.63) is 34.1 Å². The molecule has 0 heterocycles. The van der Waals surface area contributed by atoms with Crippen LogP contribution in [0.2, 0.25) is 0 Å². The molecule has 0 unspecified atom stereocenters. The summed E-state index contributed by atoms with van der Waals surface area (Å²) in [5.41, 5.74) is 2.61. The van der Waals surface area contributed by atoms with E-state index in [1.807, 2.05) is 19.9 Å². The second kappa shape index (κ2) is 5.13. The first-order chi connectivity index (χ1) is 7.90. The number of rotatable bonds is 3. The van der Waals surface area contributed by atoms with Crippen LogP contribution in [0, 0.1) is 0 Å². The summed E-state index contributed by atoms with van der Waals surface area (Å²) < 4.78 is 4.99. The van der Waals surface area contributed by atoms with Crippen molar-refractivity contribution in [1.29, 1.82) is 0 Å². The Bertz CT molecular complexity index is 458. The third-order valence-corrected chi connectivity index (χ3v) is 2.87. The lowest BCUT2D eigenvalue weighted by molar-refractivity contribution is -0.118. The number of ether oxygens (including phenoxy) is 1. The molecule has 0 radical (unpaired) electrons. The lowest BCUT2D eigenvalue weighted by Gasteiger charge is -2.18. The number of hydrogen-bond donors (Lipinski definition) is 0. The Labute approximate surface area is 102 Å². The number of ketones is 2. The van der Waals surface area contributed by atoms with E-state index >= 15 is 0 Å². The quantitative estimate of drug-likeness (QED) is 0.557. The summed E-state index contributed by atoms with van der Waals surface area (Å²) in [5, 5.41) is 0. The minimum absolute atomic E-state index is 0.0866. The molecule has 0 aromatic heterocycles. The van der Waals surface area contributed by atoms with E-state index in [1.165, 1.54) is 7.11 Å². The standard InChI is InChI=1S/C14H18O3/c1-8(2)6-7-11-9(3)13(16)14(17-5)10(4)12(11)15/h6H,7H2,1-5H3. The minimum atomic E-state index is -0.179. The molecule has 0 bridgehead atoms. The summed E-state index contributed by atoms with van der Waals surface area (Å²) in [6.07, 6.45) is 2.46. The topological polar surface area (TPSA) is 43.4 Å². The first kappa shape index (κ1) is 13.4. The number of methoxy groups -OCH3 is 1. The molecule has 0 aromatic carbocycles. The van der Waals surface area contributed by atoms with Gasteiger partial charge in [-0.2, -0.15) is 0 Å². The Balaban J connectivity index is 3.17. The number of allylic oxidation sites excluding steroid dienone is 5. The van der Waals surface area contributed by atoms with E-state index in [2.05, 4.69) is 0 Å². The number of carbonyl (C=O) groups is 2. The Morgan fingerprint density at radius 2 is 1.71 bits per heavy atom. The molecular formula is C14H18O3. The predicted octanol–water partition coefficient (Wildman–Crippen LogP) is 2.73. The van der Waals surface area contributed by atoms with Crippen LogP contribution in [0.25, 0.3) is 0 Å². The van der Waals surface area contributed by atoms with Crippen LogP contribution in [-0.2, 0) is 14.3 Å². The Hall–Kier alpha value is -1.64. The van der Waals surface area contributed by atoms with Crippen molar-refractivity contribution < 1.29 is 14.3 Å². The van der Waals surface area contributed by atoms with Crippen LogP contribution < -0.4 is 0 Å².